The lowest BCUT2D eigenvalue weighted by Crippen LogP contribution is -2.39. The molecule has 0 saturated carbocycles. The van der Waals surface area contributed by atoms with Gasteiger partial charge in [0.2, 0.25) is 5.91 Å². The predicted octanol–water partition coefficient (Wildman–Crippen LogP) is 5.55. The Hall–Kier alpha value is -4.88. The highest BCUT2D eigenvalue weighted by molar-refractivity contribution is 7.99. The molecule has 3 heterocycles. The third-order valence-corrected chi connectivity index (χ3v) is 10.6. The molecule has 1 aliphatic heterocycles. The molecule has 1 amide bonds. The molecule has 1 saturated heterocycles. The van der Waals surface area contributed by atoms with Crippen LogP contribution in [0.5, 0.6) is 5.88 Å². The van der Waals surface area contributed by atoms with E-state index in [4.69, 9.17) is 32.9 Å². The number of nitrogens with one attached hydrogen (secondary N) is 1. The molecule has 250 valence electrons. The van der Waals surface area contributed by atoms with Crippen LogP contribution in [-0.4, -0.2) is 54.4 Å². The number of amides is 1. The summed E-state index contributed by atoms with van der Waals surface area (Å²) in [7, 11) is -4.28. The van der Waals surface area contributed by atoms with Crippen molar-refractivity contribution >= 4 is 62.2 Å². The third-order valence-electron chi connectivity index (χ3n) is 7.44. The summed E-state index contributed by atoms with van der Waals surface area (Å²) in [5.74, 6) is -0.436. The maximum atomic E-state index is 13.2. The van der Waals surface area contributed by atoms with E-state index in [-0.39, 0.29) is 32.2 Å². The number of anilines is 2. The molecule has 1 N–H and O–H groups in total. The number of halogens is 2. The Labute approximate surface area is 294 Å². The van der Waals surface area contributed by atoms with E-state index < -0.39 is 26.8 Å². The van der Waals surface area contributed by atoms with Gasteiger partial charge in [-0.25, -0.2) is 18.4 Å². The van der Waals surface area contributed by atoms with Gasteiger partial charge < -0.3 is 20.2 Å². The molecule has 0 radical (unpaired) electrons. The average Bonchev–Trinajstić information content (AvgIpc) is 3.49. The summed E-state index contributed by atoms with van der Waals surface area (Å²) in [6, 6.07) is 23.6. The van der Waals surface area contributed by atoms with Crippen molar-refractivity contribution in [2.75, 3.05) is 29.1 Å². The number of carbonyl (C=O) groups is 1. The summed E-state index contributed by atoms with van der Waals surface area (Å²) in [6.07, 6.45) is 0.224. The number of benzene rings is 3. The van der Waals surface area contributed by atoms with Gasteiger partial charge in [-0.1, -0.05) is 83.5 Å². The maximum Gasteiger partial charge on any atom is 0.415 e. The zero-order chi connectivity index (χ0) is 34.5. The molecule has 2 aromatic heterocycles. The summed E-state index contributed by atoms with van der Waals surface area (Å²) in [4.78, 5) is 23.8. The van der Waals surface area contributed by atoms with Crippen LogP contribution >= 0.6 is 35.0 Å². The highest BCUT2D eigenvalue weighted by atomic mass is 35.5. The van der Waals surface area contributed by atoms with E-state index in [1.807, 2.05) is 35.2 Å². The van der Waals surface area contributed by atoms with Gasteiger partial charge in [0.1, 0.15) is 17.7 Å². The Kier molecular flexibility index (Phi) is 10.2. The van der Waals surface area contributed by atoms with Crippen molar-refractivity contribution in [1.82, 2.24) is 15.1 Å². The summed E-state index contributed by atoms with van der Waals surface area (Å²) < 4.78 is 36.9. The monoisotopic (exact) mass is 737 g/mol. The number of ether oxygens (including phenoxy) is 1. The second-order valence-electron chi connectivity index (χ2n) is 10.7. The van der Waals surface area contributed by atoms with Crippen LogP contribution in [0.25, 0.3) is 11.3 Å². The molecule has 49 heavy (non-hydrogen) atoms. The SMILES string of the molecule is N#Cc1c(-c2ccccc2)nc(SCC(=O)Nc2ccc(Cl)cc2Cl)nc1N1CCC(Oc2no[n+]([O-])c2S(=O)(=O)c2ccccc2)CC1. The van der Waals surface area contributed by atoms with Crippen LogP contribution in [0.3, 0.4) is 0 Å². The summed E-state index contributed by atoms with van der Waals surface area (Å²) in [5.41, 5.74) is 1.78. The normalized spacial score (nSPS) is 13.5. The first-order chi connectivity index (χ1) is 23.6. The number of thioether (sulfide) groups is 1. The molecule has 6 rings (SSSR count). The second kappa shape index (κ2) is 14.7. The zero-order valence-electron chi connectivity index (χ0n) is 25.3. The summed E-state index contributed by atoms with van der Waals surface area (Å²) >= 11 is 13.3. The number of sulfone groups is 1. The van der Waals surface area contributed by atoms with E-state index in [0.29, 0.717) is 58.7 Å². The van der Waals surface area contributed by atoms with Gasteiger partial charge in [0.15, 0.2) is 11.0 Å². The number of hydrogen-bond donors (Lipinski definition) is 1. The number of nitriles is 1. The van der Waals surface area contributed by atoms with Crippen LogP contribution in [0, 0.1) is 16.5 Å². The van der Waals surface area contributed by atoms with Gasteiger partial charge in [-0.3, -0.25) is 9.42 Å². The number of aromatic nitrogens is 4. The highest BCUT2D eigenvalue weighted by Crippen LogP contribution is 2.34. The van der Waals surface area contributed by atoms with Crippen molar-refractivity contribution in [3.8, 4) is 23.2 Å². The molecule has 5 aromatic rings. The molecule has 0 aliphatic carbocycles. The second-order valence-corrected chi connectivity index (χ2v) is 14.3. The van der Waals surface area contributed by atoms with Gasteiger partial charge in [0.05, 0.1) is 32.2 Å². The third kappa shape index (κ3) is 7.57. The van der Waals surface area contributed by atoms with Crippen molar-refractivity contribution in [3.05, 3.63) is 99.7 Å². The van der Waals surface area contributed by atoms with Gasteiger partial charge in [-0.05, 0) is 35.2 Å². The number of piperidine rings is 1. The standard InChI is InChI=1S/C32H25Cl2N7O6S2/c33-21-11-12-26(25(34)17-21)36-27(42)19-48-32-37-28(20-7-3-1-4-8-20)24(18-35)29(38-32)40-15-13-22(14-16-40)46-30-31(41(43)47-39-30)49(44,45)23-9-5-2-6-10-23/h1-12,17,22H,13-16,19H2,(H,36,42). The smallest absolute Gasteiger partial charge is 0.415 e. The van der Waals surface area contributed by atoms with Gasteiger partial charge in [0.25, 0.3) is 9.84 Å². The molecule has 13 nitrogen and oxygen atoms in total. The molecule has 17 heteroatoms. The minimum absolute atomic E-state index is 0.0416. The number of nitrogens with zero attached hydrogens (tertiary/aromatic N) is 6. The fourth-order valence-electron chi connectivity index (χ4n) is 5.11. The maximum absolute atomic E-state index is 13.2. The molecule has 0 spiro atoms. The first-order valence-corrected chi connectivity index (χ1v) is 17.9. The molecule has 0 unspecified atom stereocenters. The van der Waals surface area contributed by atoms with Crippen LogP contribution in [0.4, 0.5) is 11.5 Å². The Morgan fingerprint density at radius 1 is 1.08 bits per heavy atom. The Balaban J connectivity index is 1.21. The molecule has 1 aliphatic rings. The predicted molar refractivity (Wildman–Crippen MR) is 181 cm³/mol. The molecule has 1 fully saturated rings. The van der Waals surface area contributed by atoms with Gasteiger partial charge in [-0.2, -0.15) is 5.26 Å². The van der Waals surface area contributed by atoms with E-state index in [9.17, 15) is 23.7 Å². The Morgan fingerprint density at radius 2 is 1.78 bits per heavy atom. The number of hydrogen-bond acceptors (Lipinski definition) is 12. The quantitative estimate of drug-likeness (QED) is 0.107. The van der Waals surface area contributed by atoms with Gasteiger partial charge in [0, 0.05) is 36.5 Å². The minimum Gasteiger partial charge on any atom is -0.451 e. The van der Waals surface area contributed by atoms with E-state index in [1.165, 1.54) is 30.3 Å². The molecular formula is C32H25Cl2N7O6S2. The molecule has 0 bridgehead atoms. The van der Waals surface area contributed by atoms with Gasteiger partial charge >= 0.3 is 10.9 Å². The Bertz CT molecular complexity index is 2140. The van der Waals surface area contributed by atoms with Crippen LogP contribution in [0.1, 0.15) is 18.4 Å². The fourth-order valence-corrected chi connectivity index (χ4v) is 7.48. The molecular weight excluding hydrogens is 713 g/mol. The van der Waals surface area contributed by atoms with Crippen molar-refractivity contribution in [1.29, 1.82) is 5.26 Å². The van der Waals surface area contributed by atoms with Crippen LogP contribution in [-0.2, 0) is 14.6 Å². The lowest BCUT2D eigenvalue weighted by atomic mass is 10.0. The number of carbonyl (C=O) groups excluding carboxylic acids is 1. The first-order valence-electron chi connectivity index (χ1n) is 14.7. The van der Waals surface area contributed by atoms with Crippen LogP contribution in [0.15, 0.2) is 98.6 Å². The van der Waals surface area contributed by atoms with Crippen molar-refractivity contribution < 1.29 is 27.5 Å². The number of rotatable bonds is 10. The van der Waals surface area contributed by atoms with Crippen molar-refractivity contribution in [3.63, 3.8) is 0 Å². The average molecular weight is 739 g/mol. The molecule has 3 aromatic carbocycles. The first kappa shape index (κ1) is 34.0. The lowest BCUT2D eigenvalue weighted by Gasteiger charge is -2.32. The zero-order valence-corrected chi connectivity index (χ0v) is 28.5. The highest BCUT2D eigenvalue weighted by Gasteiger charge is 2.38. The van der Waals surface area contributed by atoms with Gasteiger partial charge in [-0.15, -0.1) is 0 Å². The lowest BCUT2D eigenvalue weighted by molar-refractivity contribution is -0.832. The van der Waals surface area contributed by atoms with Crippen molar-refractivity contribution in [2.45, 2.75) is 34.0 Å². The van der Waals surface area contributed by atoms with E-state index in [1.54, 1.807) is 18.2 Å². The van der Waals surface area contributed by atoms with Crippen LogP contribution in [0.2, 0.25) is 10.0 Å². The van der Waals surface area contributed by atoms with E-state index in [2.05, 4.69) is 26.2 Å². The molecule has 0 atom stereocenters. The minimum atomic E-state index is -4.28. The summed E-state index contributed by atoms with van der Waals surface area (Å²) in [5, 5.41) is 29.2. The van der Waals surface area contributed by atoms with Crippen molar-refractivity contribution in [2.24, 2.45) is 0 Å². The topological polar surface area (TPSA) is 178 Å². The largest absolute Gasteiger partial charge is 0.451 e. The summed E-state index contributed by atoms with van der Waals surface area (Å²) in [6.45, 7) is 0.723. The Morgan fingerprint density at radius 3 is 2.45 bits per heavy atom. The van der Waals surface area contributed by atoms with E-state index in [0.717, 1.165) is 11.8 Å². The van der Waals surface area contributed by atoms with Crippen LogP contribution < -0.4 is 19.9 Å². The van der Waals surface area contributed by atoms with E-state index >= 15 is 0 Å². The fraction of sp³-hybridized carbons (Fsp3) is 0.188.